The molecule has 0 aliphatic rings. The Hall–Kier alpha value is -1.37. The van der Waals surface area contributed by atoms with E-state index in [0.29, 0.717) is 10.6 Å². The van der Waals surface area contributed by atoms with E-state index in [1.807, 2.05) is 43.3 Å². The van der Waals surface area contributed by atoms with Crippen LogP contribution in [0.3, 0.4) is 0 Å². The lowest BCUT2D eigenvalue weighted by molar-refractivity contribution is 0.108. The normalized spacial score (nSPS) is 11.0. The highest BCUT2D eigenvalue weighted by molar-refractivity contribution is 7.66. The summed E-state index contributed by atoms with van der Waals surface area (Å²) in [4.78, 5) is 12.4. The highest BCUT2D eigenvalue weighted by atomic mass is 35.5. The van der Waals surface area contributed by atoms with Gasteiger partial charge >= 0.3 is 0 Å². The van der Waals surface area contributed by atoms with Crippen LogP contribution in [0.4, 0.5) is 0 Å². The predicted molar refractivity (Wildman–Crippen MR) is 95.3 cm³/mol. The van der Waals surface area contributed by atoms with Gasteiger partial charge in [-0.05, 0) is 51.0 Å². The number of benzene rings is 2. The molecule has 0 heterocycles. The summed E-state index contributed by atoms with van der Waals surface area (Å²) in [6.45, 7) is 4.78. The van der Waals surface area contributed by atoms with Gasteiger partial charge in [-0.2, -0.15) is 0 Å². The van der Waals surface area contributed by atoms with Gasteiger partial charge in [-0.3, -0.25) is 4.79 Å². The van der Waals surface area contributed by atoms with E-state index in [-0.39, 0.29) is 14.1 Å². The van der Waals surface area contributed by atoms with Crippen LogP contribution in [0.5, 0.6) is 5.75 Å². The Morgan fingerprint density at radius 2 is 1.91 bits per heavy atom. The largest absolute Gasteiger partial charge is 0.494 e. The fourth-order valence-electron chi connectivity index (χ4n) is 2.08. The lowest BCUT2D eigenvalue weighted by atomic mass is 10.1. The average Bonchev–Trinajstić information content (AvgIpc) is 2.49. The van der Waals surface area contributed by atoms with Crippen molar-refractivity contribution in [1.29, 1.82) is 0 Å². The molecule has 0 fully saturated rings. The molecule has 0 saturated carbocycles. The minimum atomic E-state index is 0.0683. The Morgan fingerprint density at radius 3 is 2.55 bits per heavy atom. The van der Waals surface area contributed by atoms with Crippen molar-refractivity contribution in [2.24, 2.45) is 0 Å². The average molecular weight is 335 g/mol. The molecule has 1 unspecified atom stereocenters. The van der Waals surface area contributed by atoms with E-state index in [9.17, 15) is 4.79 Å². The quantitative estimate of drug-likeness (QED) is 0.527. The second-order valence-electron chi connectivity index (χ2n) is 5.11. The highest BCUT2D eigenvalue weighted by Crippen LogP contribution is 2.27. The van der Waals surface area contributed by atoms with Crippen LogP contribution < -0.4 is 10.0 Å². The fraction of sp³-hybridized carbons (Fsp3) is 0.278. The molecule has 2 rings (SSSR count). The number of ether oxygens (including phenoxy) is 1. The van der Waals surface area contributed by atoms with E-state index in [1.165, 1.54) is 0 Å². The summed E-state index contributed by atoms with van der Waals surface area (Å²) in [7, 11) is 0.0683. The molecule has 0 bridgehead atoms. The zero-order valence-corrected chi connectivity index (χ0v) is 14.6. The van der Waals surface area contributed by atoms with Crippen molar-refractivity contribution in [1.82, 2.24) is 0 Å². The molecular weight excluding hydrogens is 315 g/mol. The lowest BCUT2D eigenvalue weighted by Crippen LogP contribution is -2.04. The molecule has 116 valence electrons. The van der Waals surface area contributed by atoms with Gasteiger partial charge in [0.05, 0.1) is 11.6 Å². The minimum absolute atomic E-state index is 0.0683. The molecule has 2 aromatic rings. The maximum Gasteiger partial charge on any atom is 0.187 e. The zero-order valence-electron chi connectivity index (χ0n) is 12.9. The molecule has 22 heavy (non-hydrogen) atoms. The SMILES string of the molecule is CCCCOc1ccc(PC(=O)c2c(C)cccc2Cl)cc1. The molecule has 1 atom stereocenters. The number of carbonyl (C=O) groups excluding carboxylic acids is 1. The molecule has 0 aromatic heterocycles. The Labute approximate surface area is 138 Å². The van der Waals surface area contributed by atoms with Crippen molar-refractivity contribution in [2.75, 3.05) is 6.61 Å². The number of rotatable bonds is 7. The lowest BCUT2D eigenvalue weighted by Gasteiger charge is -2.08. The summed E-state index contributed by atoms with van der Waals surface area (Å²) in [5.41, 5.74) is 1.62. The zero-order chi connectivity index (χ0) is 15.9. The van der Waals surface area contributed by atoms with Crippen LogP contribution >= 0.6 is 20.2 Å². The van der Waals surface area contributed by atoms with E-state index < -0.39 is 0 Å². The second-order valence-corrected chi connectivity index (χ2v) is 6.80. The van der Waals surface area contributed by atoms with Crippen molar-refractivity contribution in [3.8, 4) is 5.75 Å². The molecule has 2 aromatic carbocycles. The monoisotopic (exact) mass is 334 g/mol. The summed E-state index contributed by atoms with van der Waals surface area (Å²) >= 11 is 6.15. The van der Waals surface area contributed by atoms with Gasteiger partial charge in [0, 0.05) is 5.56 Å². The van der Waals surface area contributed by atoms with E-state index >= 15 is 0 Å². The van der Waals surface area contributed by atoms with Crippen LogP contribution in [0.25, 0.3) is 0 Å². The number of carbonyl (C=O) groups is 1. The van der Waals surface area contributed by atoms with Gasteiger partial charge < -0.3 is 4.74 Å². The van der Waals surface area contributed by atoms with E-state index in [0.717, 1.165) is 36.1 Å². The second kappa shape index (κ2) is 8.31. The first-order valence-corrected chi connectivity index (χ1v) is 8.79. The summed E-state index contributed by atoms with van der Waals surface area (Å²) < 4.78 is 5.63. The highest BCUT2D eigenvalue weighted by Gasteiger charge is 2.13. The molecule has 0 amide bonds. The van der Waals surface area contributed by atoms with Crippen molar-refractivity contribution < 1.29 is 9.53 Å². The summed E-state index contributed by atoms with van der Waals surface area (Å²) in [6, 6.07) is 13.3. The number of aryl methyl sites for hydroxylation is 1. The first kappa shape index (κ1) is 17.0. The van der Waals surface area contributed by atoms with Crippen LogP contribution in [0.1, 0.15) is 35.7 Å². The van der Waals surface area contributed by atoms with Gasteiger partial charge in [0.2, 0.25) is 0 Å². The van der Waals surface area contributed by atoms with E-state index in [2.05, 4.69) is 6.92 Å². The summed E-state index contributed by atoms with van der Waals surface area (Å²) in [5, 5.41) is 1.52. The van der Waals surface area contributed by atoms with Crippen LogP contribution in [0.2, 0.25) is 5.02 Å². The van der Waals surface area contributed by atoms with Gasteiger partial charge in [-0.15, -0.1) is 0 Å². The standard InChI is InChI=1S/C18H20ClO2P/c1-3-4-12-21-14-8-10-15(11-9-14)22-18(20)17-13(2)6-5-7-16(17)19/h5-11,22H,3-4,12H2,1-2H3. The first-order chi connectivity index (χ1) is 10.6. The maximum atomic E-state index is 12.4. The van der Waals surface area contributed by atoms with Gasteiger partial charge in [0.1, 0.15) is 5.75 Å². The minimum Gasteiger partial charge on any atom is -0.494 e. The van der Waals surface area contributed by atoms with Crippen molar-refractivity contribution in [3.63, 3.8) is 0 Å². The molecule has 0 aliphatic carbocycles. The third-order valence-corrected chi connectivity index (χ3v) is 4.74. The Kier molecular flexibility index (Phi) is 6.42. The predicted octanol–water partition coefficient (Wildman–Crippen LogP) is 4.97. The Morgan fingerprint density at radius 1 is 1.18 bits per heavy atom. The Balaban J connectivity index is 2.03. The molecule has 2 nitrogen and oxygen atoms in total. The number of unbranched alkanes of at least 4 members (excludes halogenated alkanes) is 1. The molecular formula is C18H20ClO2P. The molecule has 0 aliphatic heterocycles. The van der Waals surface area contributed by atoms with Crippen LogP contribution in [0.15, 0.2) is 42.5 Å². The van der Waals surface area contributed by atoms with Gasteiger partial charge in [0.15, 0.2) is 5.52 Å². The molecule has 0 spiro atoms. The Bertz CT molecular complexity index is 618. The summed E-state index contributed by atoms with van der Waals surface area (Å²) in [5.74, 6) is 0.850. The molecule has 0 saturated heterocycles. The van der Waals surface area contributed by atoms with Crippen LogP contribution in [-0.4, -0.2) is 12.1 Å². The smallest absolute Gasteiger partial charge is 0.187 e. The molecule has 4 heteroatoms. The van der Waals surface area contributed by atoms with E-state index in [1.54, 1.807) is 6.07 Å². The third kappa shape index (κ3) is 4.56. The molecule has 0 N–H and O–H groups in total. The number of hydrogen-bond acceptors (Lipinski definition) is 2. The van der Waals surface area contributed by atoms with E-state index in [4.69, 9.17) is 16.3 Å². The fourth-order valence-corrected chi connectivity index (χ4v) is 3.52. The van der Waals surface area contributed by atoms with Crippen LogP contribution in [-0.2, 0) is 0 Å². The molecule has 0 radical (unpaired) electrons. The number of halogens is 1. The number of hydrogen-bond donors (Lipinski definition) is 0. The van der Waals surface area contributed by atoms with Crippen LogP contribution in [0, 0.1) is 6.92 Å². The topological polar surface area (TPSA) is 26.3 Å². The first-order valence-electron chi connectivity index (χ1n) is 7.41. The van der Waals surface area contributed by atoms with Gasteiger partial charge in [0.25, 0.3) is 0 Å². The third-order valence-electron chi connectivity index (χ3n) is 3.33. The van der Waals surface area contributed by atoms with Crippen molar-refractivity contribution in [3.05, 3.63) is 58.6 Å². The maximum absolute atomic E-state index is 12.4. The van der Waals surface area contributed by atoms with Gasteiger partial charge in [-0.1, -0.05) is 49.2 Å². The van der Waals surface area contributed by atoms with Crippen molar-refractivity contribution >= 4 is 31.0 Å². The summed E-state index contributed by atoms with van der Waals surface area (Å²) in [6.07, 6.45) is 2.17. The van der Waals surface area contributed by atoms with Crippen molar-refractivity contribution in [2.45, 2.75) is 26.7 Å². The van der Waals surface area contributed by atoms with Gasteiger partial charge in [-0.25, -0.2) is 0 Å².